The minimum Gasteiger partial charge on any atom is -0.382 e. The van der Waals surface area contributed by atoms with E-state index in [1.54, 1.807) is 7.05 Å². The second-order valence-corrected chi connectivity index (χ2v) is 5.37. The Morgan fingerprint density at radius 2 is 1.82 bits per heavy atom. The molecule has 1 rings (SSSR count). The maximum absolute atomic E-state index is 5.84. The maximum atomic E-state index is 5.84. The fourth-order valence-electron chi connectivity index (χ4n) is 2.27. The molecule has 0 saturated carbocycles. The quantitative estimate of drug-likeness (QED) is 0.344. The molecule has 0 unspecified atom stereocenters. The van der Waals surface area contributed by atoms with E-state index in [0.29, 0.717) is 6.10 Å². The van der Waals surface area contributed by atoms with E-state index in [9.17, 15) is 0 Å². The number of aliphatic imine (C=N–C) groups is 1. The Balaban J connectivity index is 1.92. The highest BCUT2D eigenvalue weighted by molar-refractivity contribution is 5.79. The molecule has 0 aromatic rings. The van der Waals surface area contributed by atoms with E-state index in [1.807, 2.05) is 6.92 Å². The number of unbranched alkanes of at least 4 members (excludes halogenated alkanes) is 1. The zero-order valence-electron chi connectivity index (χ0n) is 14.2. The first-order valence-electron chi connectivity index (χ1n) is 8.58. The van der Waals surface area contributed by atoms with Crippen molar-refractivity contribution in [3.8, 4) is 0 Å². The summed E-state index contributed by atoms with van der Waals surface area (Å²) in [7, 11) is 1.80. The first-order chi connectivity index (χ1) is 10.9. The fourth-order valence-corrected chi connectivity index (χ4v) is 2.27. The van der Waals surface area contributed by atoms with Crippen LogP contribution in [0.4, 0.5) is 0 Å². The highest BCUT2D eigenvalue weighted by Gasteiger charge is 2.13. The van der Waals surface area contributed by atoms with Crippen LogP contribution in [0.3, 0.4) is 0 Å². The molecular formula is C16H33N3O3. The number of rotatable bonds is 11. The topological polar surface area (TPSA) is 64.1 Å². The van der Waals surface area contributed by atoms with Crippen molar-refractivity contribution in [2.45, 2.75) is 45.1 Å². The molecule has 1 fully saturated rings. The van der Waals surface area contributed by atoms with Crippen LogP contribution < -0.4 is 10.6 Å². The van der Waals surface area contributed by atoms with Crippen molar-refractivity contribution in [3.63, 3.8) is 0 Å². The normalized spacial score (nSPS) is 16.7. The molecule has 0 aliphatic carbocycles. The van der Waals surface area contributed by atoms with Gasteiger partial charge in [-0.2, -0.15) is 0 Å². The maximum Gasteiger partial charge on any atom is 0.190 e. The van der Waals surface area contributed by atoms with Crippen LogP contribution in [0.25, 0.3) is 0 Å². The average Bonchev–Trinajstić information content (AvgIpc) is 2.56. The van der Waals surface area contributed by atoms with Gasteiger partial charge in [0, 0.05) is 53.2 Å². The lowest BCUT2D eigenvalue weighted by atomic mass is 10.1. The molecule has 0 aromatic heterocycles. The van der Waals surface area contributed by atoms with Crippen molar-refractivity contribution in [1.29, 1.82) is 0 Å². The van der Waals surface area contributed by atoms with Crippen molar-refractivity contribution in [3.05, 3.63) is 0 Å². The molecule has 6 heteroatoms. The predicted molar refractivity (Wildman–Crippen MR) is 89.5 cm³/mol. The van der Waals surface area contributed by atoms with E-state index in [1.165, 1.54) is 0 Å². The molecular weight excluding hydrogens is 282 g/mol. The Labute approximate surface area is 135 Å². The molecule has 0 radical (unpaired) electrons. The van der Waals surface area contributed by atoms with Gasteiger partial charge in [-0.1, -0.05) is 0 Å². The van der Waals surface area contributed by atoms with Crippen LogP contribution in [0.2, 0.25) is 0 Å². The molecule has 1 saturated heterocycles. The zero-order valence-corrected chi connectivity index (χ0v) is 14.2. The van der Waals surface area contributed by atoms with Gasteiger partial charge in [0.1, 0.15) is 0 Å². The van der Waals surface area contributed by atoms with E-state index in [-0.39, 0.29) is 0 Å². The van der Waals surface area contributed by atoms with E-state index >= 15 is 0 Å². The summed E-state index contributed by atoms with van der Waals surface area (Å²) in [4.78, 5) is 4.22. The van der Waals surface area contributed by atoms with Crippen molar-refractivity contribution in [2.75, 3.05) is 53.2 Å². The minimum absolute atomic E-state index is 0.386. The lowest BCUT2D eigenvalue weighted by Gasteiger charge is -2.22. The SMILES string of the molecule is CCOCCCCNC(=NC)NCCCOC1CCOCC1. The van der Waals surface area contributed by atoms with Crippen LogP contribution in [0, 0.1) is 0 Å². The second kappa shape index (κ2) is 13.8. The average molecular weight is 315 g/mol. The molecule has 0 aromatic carbocycles. The Hall–Kier alpha value is -0.850. The summed E-state index contributed by atoms with van der Waals surface area (Å²) in [6, 6.07) is 0. The van der Waals surface area contributed by atoms with Gasteiger partial charge in [-0.15, -0.1) is 0 Å². The lowest BCUT2D eigenvalue weighted by Crippen LogP contribution is -2.38. The van der Waals surface area contributed by atoms with E-state index in [4.69, 9.17) is 14.2 Å². The summed E-state index contributed by atoms with van der Waals surface area (Å²) < 4.78 is 16.5. The zero-order chi connectivity index (χ0) is 15.9. The fraction of sp³-hybridized carbons (Fsp3) is 0.938. The highest BCUT2D eigenvalue weighted by Crippen LogP contribution is 2.10. The minimum atomic E-state index is 0.386. The van der Waals surface area contributed by atoms with Gasteiger partial charge in [0.05, 0.1) is 6.10 Å². The molecule has 1 aliphatic rings. The van der Waals surface area contributed by atoms with Gasteiger partial charge in [-0.05, 0) is 39.0 Å². The van der Waals surface area contributed by atoms with Gasteiger partial charge in [0.2, 0.25) is 0 Å². The van der Waals surface area contributed by atoms with E-state index in [2.05, 4.69) is 15.6 Å². The smallest absolute Gasteiger partial charge is 0.190 e. The lowest BCUT2D eigenvalue weighted by molar-refractivity contribution is -0.0320. The number of nitrogens with zero attached hydrogens (tertiary/aromatic N) is 1. The van der Waals surface area contributed by atoms with Crippen molar-refractivity contribution in [1.82, 2.24) is 10.6 Å². The Kier molecular flexibility index (Phi) is 12.0. The monoisotopic (exact) mass is 315 g/mol. The second-order valence-electron chi connectivity index (χ2n) is 5.37. The van der Waals surface area contributed by atoms with Gasteiger partial charge in [-0.25, -0.2) is 0 Å². The Morgan fingerprint density at radius 1 is 1.09 bits per heavy atom. The van der Waals surface area contributed by atoms with Crippen LogP contribution in [0.1, 0.15) is 39.0 Å². The molecule has 1 heterocycles. The Bertz CT molecular complexity index is 282. The molecule has 1 aliphatic heterocycles. The van der Waals surface area contributed by atoms with Crippen molar-refractivity contribution >= 4 is 5.96 Å². The summed E-state index contributed by atoms with van der Waals surface area (Å²) in [5.74, 6) is 0.863. The highest BCUT2D eigenvalue weighted by atomic mass is 16.5. The summed E-state index contributed by atoms with van der Waals surface area (Å²) in [6.45, 7) is 7.93. The van der Waals surface area contributed by atoms with Gasteiger partial charge >= 0.3 is 0 Å². The van der Waals surface area contributed by atoms with Crippen molar-refractivity contribution < 1.29 is 14.2 Å². The third-order valence-electron chi connectivity index (χ3n) is 3.57. The first kappa shape index (κ1) is 19.2. The standard InChI is InChI=1S/C16H33N3O3/c1-3-20-11-5-4-9-18-16(17-2)19-10-6-12-22-15-7-13-21-14-8-15/h15H,3-14H2,1-2H3,(H2,17,18,19). The van der Waals surface area contributed by atoms with Gasteiger partial charge < -0.3 is 24.8 Å². The number of ether oxygens (including phenoxy) is 3. The molecule has 130 valence electrons. The van der Waals surface area contributed by atoms with E-state index in [0.717, 1.165) is 84.2 Å². The third-order valence-corrected chi connectivity index (χ3v) is 3.57. The number of hydrogen-bond acceptors (Lipinski definition) is 4. The van der Waals surface area contributed by atoms with Crippen LogP contribution >= 0.6 is 0 Å². The molecule has 0 bridgehead atoms. The van der Waals surface area contributed by atoms with Gasteiger partial charge in [0.25, 0.3) is 0 Å². The molecule has 6 nitrogen and oxygen atoms in total. The number of nitrogens with one attached hydrogen (secondary N) is 2. The third kappa shape index (κ3) is 9.97. The molecule has 0 spiro atoms. The van der Waals surface area contributed by atoms with Crippen LogP contribution in [-0.4, -0.2) is 65.2 Å². The first-order valence-corrected chi connectivity index (χ1v) is 8.58. The van der Waals surface area contributed by atoms with Crippen molar-refractivity contribution in [2.24, 2.45) is 4.99 Å². The summed E-state index contributed by atoms with van der Waals surface area (Å²) >= 11 is 0. The van der Waals surface area contributed by atoms with E-state index < -0.39 is 0 Å². The number of hydrogen-bond donors (Lipinski definition) is 2. The molecule has 22 heavy (non-hydrogen) atoms. The number of guanidine groups is 1. The van der Waals surface area contributed by atoms with Crippen LogP contribution in [0.15, 0.2) is 4.99 Å². The van der Waals surface area contributed by atoms with Crippen LogP contribution in [0.5, 0.6) is 0 Å². The summed E-state index contributed by atoms with van der Waals surface area (Å²) in [6.07, 6.45) is 5.60. The molecule has 0 atom stereocenters. The van der Waals surface area contributed by atoms with Gasteiger partial charge in [-0.3, -0.25) is 4.99 Å². The van der Waals surface area contributed by atoms with Gasteiger partial charge in [0.15, 0.2) is 5.96 Å². The molecule has 2 N–H and O–H groups in total. The van der Waals surface area contributed by atoms with Crippen LogP contribution in [-0.2, 0) is 14.2 Å². The predicted octanol–water partition coefficient (Wildman–Crippen LogP) is 1.55. The Morgan fingerprint density at radius 3 is 2.50 bits per heavy atom. The summed E-state index contributed by atoms with van der Waals surface area (Å²) in [5, 5.41) is 6.62. The molecule has 0 amide bonds. The largest absolute Gasteiger partial charge is 0.382 e. The summed E-state index contributed by atoms with van der Waals surface area (Å²) in [5.41, 5.74) is 0.